The number of aromatic carboxylic acids is 3. The lowest BCUT2D eigenvalue weighted by atomic mass is 10.1. The summed E-state index contributed by atoms with van der Waals surface area (Å²) in [6, 6.07) is 46.8. The van der Waals surface area contributed by atoms with Crippen LogP contribution in [-0.2, 0) is 76.7 Å². The van der Waals surface area contributed by atoms with Crippen LogP contribution >= 0.6 is 11.6 Å². The van der Waals surface area contributed by atoms with E-state index >= 15 is 0 Å². The van der Waals surface area contributed by atoms with Crippen molar-refractivity contribution in [3.05, 3.63) is 299 Å². The van der Waals surface area contributed by atoms with E-state index in [0.29, 0.717) is 30.8 Å². The molecule has 6 fully saturated rings. The van der Waals surface area contributed by atoms with Gasteiger partial charge in [0.1, 0.15) is 78.2 Å². The number of fused-ring (bicyclic) bond motifs is 3. The van der Waals surface area contributed by atoms with E-state index < -0.39 is 151 Å². The summed E-state index contributed by atoms with van der Waals surface area (Å²) in [4.78, 5) is 121. The smallest absolute Gasteiger partial charge is 0.351 e. The Hall–Kier alpha value is -12.9. The zero-order valence-electron chi connectivity index (χ0n) is 67.2. The van der Waals surface area contributed by atoms with Crippen molar-refractivity contribution in [2.24, 2.45) is 0 Å². The largest absolute Gasteiger partial charge is 0.478 e. The number of carboxylic acid groups (broad SMARTS) is 3. The van der Waals surface area contributed by atoms with E-state index in [4.69, 9.17) is 68.4 Å². The first-order valence-corrected chi connectivity index (χ1v) is 40.0. The number of hydrogen-bond donors (Lipinski definition) is 9. The molecule has 36 nitrogen and oxygen atoms in total. The summed E-state index contributed by atoms with van der Waals surface area (Å²) >= 11 is 6.24. The molecule has 654 valence electrons. The maximum Gasteiger partial charge on any atom is 0.351 e. The Kier molecular flexibility index (Phi) is 30.9. The summed E-state index contributed by atoms with van der Waals surface area (Å²) in [6.07, 6.45) is 4.27. The van der Waals surface area contributed by atoms with E-state index in [9.17, 15) is 62.9 Å². The summed E-state index contributed by atoms with van der Waals surface area (Å²) in [6.45, 7) is 6.12. The minimum Gasteiger partial charge on any atom is -0.478 e. The van der Waals surface area contributed by atoms with Crippen molar-refractivity contribution < 1.29 is 105 Å². The van der Waals surface area contributed by atoms with Crippen LogP contribution in [0.3, 0.4) is 0 Å². The van der Waals surface area contributed by atoms with Gasteiger partial charge >= 0.3 is 53.1 Å². The third kappa shape index (κ3) is 23.1. The number of aromatic nitrogens is 6. The highest BCUT2D eigenvalue weighted by Crippen LogP contribution is 2.43. The Morgan fingerprint density at radius 1 is 0.400 bits per heavy atom. The second-order valence-electron chi connectivity index (χ2n) is 28.3. The van der Waals surface area contributed by atoms with Crippen LogP contribution in [0.25, 0.3) is 18.2 Å². The van der Waals surface area contributed by atoms with Gasteiger partial charge in [0.2, 0.25) is 0 Å². The molecule has 125 heavy (non-hydrogen) atoms. The second-order valence-corrected chi connectivity index (χ2v) is 28.7. The molecule has 6 amide bonds. The third-order valence-electron chi connectivity index (χ3n) is 19.9. The van der Waals surface area contributed by atoms with Gasteiger partial charge in [-0.3, -0.25) is 29.7 Å². The number of halogens is 2. The molecule has 0 spiro atoms. The first-order chi connectivity index (χ1) is 60.6. The number of benzene rings is 6. The monoisotopic (exact) mass is 1740 g/mol. The number of anilines is 3. The second kappa shape index (κ2) is 43.0. The average Bonchev–Trinajstić information content (AvgIpc) is 1.62. The Balaban J connectivity index is 0.000000161. The Labute approximate surface area is 717 Å². The predicted octanol–water partition coefficient (Wildman–Crippen LogP) is 9.85. The van der Waals surface area contributed by atoms with Crippen LogP contribution in [0.15, 0.2) is 221 Å². The fourth-order valence-electron chi connectivity index (χ4n) is 14.2. The summed E-state index contributed by atoms with van der Waals surface area (Å²) in [5.74, 6) is -3.91. The standard InChI is InChI=1S/C29H29ClN4O8.C29H29FN4O8.C29H30N4O8/c2*1-2-31-28(37)32-22-13-14-34(29(38)33-22)26-25-24(41-23(42-25)12-11-17-7-4-3-5-8-17)21(40-26)16-39-15-19-18(27(35)36)9-6-10-20(19)30;1-2-30-28(36)31-22-14-15-33(29(37)32-22)26-25-24(40-23(41-25)13-12-18-8-4-3-5-9-18)21(39-26)17-38-16-19-10-6-7-11-20(19)27(34)35/h2*3-14,21,23-26H,2,15-16H2,1H3,(H,35,36)(H2,31,32,33,37,38);3-15,21,23-26H,2,16-17H2,1H3,(H,34,35)(H2,30,31,32,36,37)/b2*12-11+;13-12+/t3*21-,23+,24?,25+,26-/m111/s1. The fraction of sp³-hybridized carbons (Fsp3) is 0.310. The third-order valence-corrected chi connectivity index (χ3v) is 20.3. The molecular weight excluding hydrogens is 1650 g/mol. The number of hydrogen-bond acceptors (Lipinski definition) is 24. The van der Waals surface area contributed by atoms with Crippen LogP contribution in [-0.4, -0.2) is 193 Å². The molecule has 6 aromatic carbocycles. The highest BCUT2D eigenvalue weighted by Gasteiger charge is 2.56. The van der Waals surface area contributed by atoms with Crippen LogP contribution in [0.4, 0.5) is 36.2 Å². The van der Waals surface area contributed by atoms with E-state index in [-0.39, 0.29) is 84.4 Å². The molecule has 15 atom stereocenters. The van der Waals surface area contributed by atoms with Gasteiger partial charge in [0.15, 0.2) is 37.6 Å². The van der Waals surface area contributed by atoms with Gasteiger partial charge in [0, 0.05) is 54.4 Å². The highest BCUT2D eigenvalue weighted by molar-refractivity contribution is 6.31. The number of carbonyl (C=O) groups excluding carboxylic acids is 3. The van der Waals surface area contributed by atoms with E-state index in [1.54, 1.807) is 69.3 Å². The molecule has 9 aromatic rings. The number of nitrogens with zero attached hydrogens (tertiary/aromatic N) is 6. The first kappa shape index (κ1) is 89.9. The maximum atomic E-state index is 14.4. The molecule has 15 rings (SSSR count). The molecule has 6 aliphatic heterocycles. The number of urea groups is 3. The number of rotatable bonds is 30. The van der Waals surface area contributed by atoms with Crippen molar-refractivity contribution in [1.29, 1.82) is 0 Å². The van der Waals surface area contributed by atoms with Crippen molar-refractivity contribution in [3.63, 3.8) is 0 Å². The normalized spacial score (nSPS) is 23.2. The van der Waals surface area contributed by atoms with Gasteiger partial charge in [-0.05, 0) is 110 Å². The average molecular weight is 1740 g/mol. The SMILES string of the molecule is CCNC(=O)Nc1ccn([C@@H]2O[C@H](COCc3c(Cl)cccc3C(=O)O)C3O[C@H](/C=C/c4ccccc4)O[C@@H]32)c(=O)n1.CCNC(=O)Nc1ccn([C@@H]2O[C@H](COCc3c(F)cccc3C(=O)O)C3O[C@H](/C=C/c4ccccc4)O[C@@H]32)c(=O)n1.CCNC(=O)Nc1ccn([C@@H]2O[C@H](COCc3ccccc3C(=O)O)C3O[C@H](/C=C/c4ccccc4)O[C@@H]32)c(=O)n1. The zero-order valence-corrected chi connectivity index (χ0v) is 68.0. The number of nitrogens with one attached hydrogen (secondary N) is 6. The van der Waals surface area contributed by atoms with Gasteiger partial charge in [-0.1, -0.05) is 151 Å². The summed E-state index contributed by atoms with van der Waals surface area (Å²) in [7, 11) is 0. The van der Waals surface area contributed by atoms with E-state index in [1.165, 1.54) is 74.8 Å². The van der Waals surface area contributed by atoms with Crippen LogP contribution < -0.4 is 49.0 Å². The number of ether oxygens (including phenoxy) is 12. The molecule has 9 heterocycles. The van der Waals surface area contributed by atoms with Crippen LogP contribution in [0.1, 0.15) is 104 Å². The van der Waals surface area contributed by atoms with Gasteiger partial charge in [0.25, 0.3) is 0 Å². The Bertz CT molecular complexity index is 5330. The minimum atomic E-state index is -1.28. The van der Waals surface area contributed by atoms with Crippen molar-refractivity contribution >= 4 is 83.3 Å². The highest BCUT2D eigenvalue weighted by atomic mass is 35.5. The van der Waals surface area contributed by atoms with Gasteiger partial charge in [-0.15, -0.1) is 0 Å². The molecule has 0 aliphatic carbocycles. The molecule has 9 N–H and O–H groups in total. The van der Waals surface area contributed by atoms with Crippen LogP contribution in [0.5, 0.6) is 0 Å². The number of amides is 6. The number of carbonyl (C=O) groups is 6. The Morgan fingerprint density at radius 2 is 0.720 bits per heavy atom. The molecule has 6 saturated heterocycles. The zero-order chi connectivity index (χ0) is 88.0. The van der Waals surface area contributed by atoms with Crippen molar-refractivity contribution in [3.8, 4) is 0 Å². The van der Waals surface area contributed by atoms with E-state index in [0.717, 1.165) is 22.8 Å². The Morgan fingerprint density at radius 3 is 1.08 bits per heavy atom. The van der Waals surface area contributed by atoms with Crippen molar-refractivity contribution in [2.75, 3.05) is 55.4 Å². The van der Waals surface area contributed by atoms with E-state index in [2.05, 4.69) is 46.9 Å². The topological polar surface area (TPSA) is 451 Å². The summed E-state index contributed by atoms with van der Waals surface area (Å²) in [5, 5.41) is 43.9. The van der Waals surface area contributed by atoms with Gasteiger partial charge in [-0.2, -0.15) is 15.0 Å². The van der Waals surface area contributed by atoms with Gasteiger partial charge in [-0.25, -0.2) is 47.5 Å². The summed E-state index contributed by atoms with van der Waals surface area (Å²) < 4.78 is 91.0. The van der Waals surface area contributed by atoms with Crippen molar-refractivity contribution in [2.45, 2.75) is 133 Å². The maximum absolute atomic E-state index is 14.4. The predicted molar refractivity (Wildman–Crippen MR) is 446 cm³/mol. The first-order valence-electron chi connectivity index (χ1n) is 39.7. The molecule has 6 aliphatic rings. The van der Waals surface area contributed by atoms with Crippen LogP contribution in [0.2, 0.25) is 5.02 Å². The molecule has 0 radical (unpaired) electrons. The van der Waals surface area contributed by atoms with E-state index in [1.807, 2.05) is 109 Å². The molecule has 38 heteroatoms. The molecular formula is C87H88ClFN12O24. The summed E-state index contributed by atoms with van der Waals surface area (Å²) in [5.41, 5.74) is 1.60. The molecule has 3 aromatic heterocycles. The molecule has 3 unspecified atom stereocenters. The quantitative estimate of drug-likeness (QED) is 0.0202. The van der Waals surface area contributed by atoms with Crippen LogP contribution in [0, 0.1) is 5.82 Å². The number of carboxylic acids is 3. The van der Waals surface area contributed by atoms with Gasteiger partial charge < -0.3 is 88.1 Å². The lowest BCUT2D eigenvalue weighted by molar-refractivity contribution is -0.141. The minimum absolute atomic E-state index is 0.000560. The lowest BCUT2D eigenvalue weighted by Gasteiger charge is -2.21. The fourth-order valence-corrected chi connectivity index (χ4v) is 14.4. The molecule has 0 bridgehead atoms. The lowest BCUT2D eigenvalue weighted by Crippen LogP contribution is -2.35. The molecule has 0 saturated carbocycles. The van der Waals surface area contributed by atoms with Crippen molar-refractivity contribution in [1.82, 2.24) is 44.6 Å². The van der Waals surface area contributed by atoms with Gasteiger partial charge in [0.05, 0.1) is 56.3 Å².